The topological polar surface area (TPSA) is 63.2 Å². The lowest BCUT2D eigenvalue weighted by Crippen LogP contribution is -2.30. The summed E-state index contributed by atoms with van der Waals surface area (Å²) >= 11 is 5.92. The number of sulfonamides is 1. The Kier molecular flexibility index (Phi) is 3.14. The van der Waals surface area contributed by atoms with Crippen LogP contribution in [0.2, 0.25) is 5.15 Å². The molecule has 2 rings (SSSR count). The fourth-order valence-electron chi connectivity index (χ4n) is 1.97. The molecule has 0 saturated carbocycles. The van der Waals surface area contributed by atoms with Crippen LogP contribution in [-0.4, -0.2) is 35.5 Å². The van der Waals surface area contributed by atoms with E-state index in [0.717, 1.165) is 12.8 Å². The molecule has 1 aromatic rings. The number of nitrogens with zero attached hydrogens (tertiary/aromatic N) is 3. The summed E-state index contributed by atoms with van der Waals surface area (Å²) in [5.74, 6) is 0. The van der Waals surface area contributed by atoms with Crippen LogP contribution in [0, 0.1) is 0 Å². The quantitative estimate of drug-likeness (QED) is 0.803. The molecule has 0 spiro atoms. The lowest BCUT2D eigenvalue weighted by Gasteiger charge is -2.21. The first kappa shape index (κ1) is 11.8. The minimum atomic E-state index is -3.21. The predicted octanol–water partition coefficient (Wildman–Crippen LogP) is 1.23. The molecule has 88 valence electrons. The number of rotatable bonds is 2. The molecule has 1 saturated heterocycles. The van der Waals surface area contributed by atoms with Crippen molar-refractivity contribution in [3.05, 3.63) is 23.2 Å². The van der Waals surface area contributed by atoms with E-state index in [1.165, 1.54) is 23.0 Å². The third-order valence-electron chi connectivity index (χ3n) is 2.62. The van der Waals surface area contributed by atoms with Gasteiger partial charge in [0.2, 0.25) is 10.0 Å². The van der Waals surface area contributed by atoms with Crippen LogP contribution in [0.1, 0.15) is 24.6 Å². The van der Waals surface area contributed by atoms with Crippen molar-refractivity contribution in [2.45, 2.75) is 18.9 Å². The summed E-state index contributed by atoms with van der Waals surface area (Å²) in [6.07, 6.45) is 5.79. The Morgan fingerprint density at radius 3 is 2.75 bits per heavy atom. The molecule has 2 heterocycles. The maximum absolute atomic E-state index is 11.6. The van der Waals surface area contributed by atoms with Gasteiger partial charge in [0.15, 0.2) is 5.15 Å². The van der Waals surface area contributed by atoms with Crippen molar-refractivity contribution >= 4 is 21.6 Å². The standard InChI is InChI=1S/C9H12ClN3O2S/c1-16(14,15)13-6-2-3-7(13)8-9(10)12-5-4-11-8/h4-5,7H,2-3,6H2,1H3/t7-/m0/s1. The molecule has 1 aliphatic heterocycles. The van der Waals surface area contributed by atoms with Crippen molar-refractivity contribution < 1.29 is 8.42 Å². The SMILES string of the molecule is CS(=O)(=O)N1CCC[C@H]1c1nccnc1Cl. The van der Waals surface area contributed by atoms with E-state index in [4.69, 9.17) is 11.6 Å². The summed E-state index contributed by atoms with van der Waals surface area (Å²) in [4.78, 5) is 8.05. The molecule has 5 nitrogen and oxygen atoms in total. The van der Waals surface area contributed by atoms with E-state index in [-0.39, 0.29) is 11.2 Å². The zero-order valence-electron chi connectivity index (χ0n) is 8.80. The number of aromatic nitrogens is 2. The third kappa shape index (κ3) is 2.18. The van der Waals surface area contributed by atoms with Crippen molar-refractivity contribution in [2.75, 3.05) is 12.8 Å². The fourth-order valence-corrected chi connectivity index (χ4v) is 3.33. The highest BCUT2D eigenvalue weighted by Gasteiger charge is 2.34. The highest BCUT2D eigenvalue weighted by atomic mass is 35.5. The number of hydrogen-bond acceptors (Lipinski definition) is 4. The van der Waals surface area contributed by atoms with Crippen molar-refractivity contribution in [1.82, 2.24) is 14.3 Å². The number of hydrogen-bond donors (Lipinski definition) is 0. The molecule has 0 aliphatic carbocycles. The zero-order chi connectivity index (χ0) is 11.8. The smallest absolute Gasteiger partial charge is 0.211 e. The van der Waals surface area contributed by atoms with Gasteiger partial charge in [0.25, 0.3) is 0 Å². The highest BCUT2D eigenvalue weighted by Crippen LogP contribution is 2.34. The van der Waals surface area contributed by atoms with E-state index < -0.39 is 10.0 Å². The van der Waals surface area contributed by atoms with Gasteiger partial charge in [-0.3, -0.25) is 4.98 Å². The Labute approximate surface area is 99.5 Å². The largest absolute Gasteiger partial charge is 0.255 e. The summed E-state index contributed by atoms with van der Waals surface area (Å²) in [7, 11) is -3.21. The van der Waals surface area contributed by atoms with Gasteiger partial charge < -0.3 is 0 Å². The summed E-state index contributed by atoms with van der Waals surface area (Å²) in [6, 6.07) is -0.267. The Morgan fingerprint density at radius 1 is 1.44 bits per heavy atom. The average Bonchev–Trinajstić information content (AvgIpc) is 2.66. The van der Waals surface area contributed by atoms with Crippen LogP contribution >= 0.6 is 11.6 Å². The van der Waals surface area contributed by atoms with Gasteiger partial charge in [0.05, 0.1) is 18.0 Å². The molecule has 7 heteroatoms. The lowest BCUT2D eigenvalue weighted by molar-refractivity contribution is 0.393. The van der Waals surface area contributed by atoms with Crippen molar-refractivity contribution in [2.24, 2.45) is 0 Å². The summed E-state index contributed by atoms with van der Waals surface area (Å²) in [5.41, 5.74) is 0.548. The molecule has 0 aromatic carbocycles. The summed E-state index contributed by atoms with van der Waals surface area (Å²) < 4.78 is 24.6. The molecule has 0 amide bonds. The molecule has 1 atom stereocenters. The minimum absolute atomic E-state index is 0.267. The second-order valence-corrected chi connectivity index (χ2v) is 6.06. The molecule has 0 unspecified atom stereocenters. The van der Waals surface area contributed by atoms with Crippen LogP contribution in [0.15, 0.2) is 12.4 Å². The lowest BCUT2D eigenvalue weighted by atomic mass is 10.2. The first-order valence-electron chi connectivity index (χ1n) is 4.93. The van der Waals surface area contributed by atoms with Gasteiger partial charge in [-0.25, -0.2) is 13.4 Å². The fraction of sp³-hybridized carbons (Fsp3) is 0.556. The van der Waals surface area contributed by atoms with Crippen molar-refractivity contribution in [1.29, 1.82) is 0 Å². The van der Waals surface area contributed by atoms with Crippen molar-refractivity contribution in [3.63, 3.8) is 0 Å². The average molecular weight is 262 g/mol. The van der Waals surface area contributed by atoms with Gasteiger partial charge in [-0.15, -0.1) is 0 Å². The van der Waals surface area contributed by atoms with Crippen LogP contribution in [0.5, 0.6) is 0 Å². The summed E-state index contributed by atoms with van der Waals surface area (Å²) in [6.45, 7) is 0.524. The van der Waals surface area contributed by atoms with Gasteiger partial charge in [-0.2, -0.15) is 4.31 Å². The number of halogens is 1. The van der Waals surface area contributed by atoms with Gasteiger partial charge in [-0.05, 0) is 12.8 Å². The maximum atomic E-state index is 11.6. The van der Waals surface area contributed by atoms with E-state index in [1.807, 2.05) is 0 Å². The molecule has 1 aliphatic rings. The van der Waals surface area contributed by atoms with Crippen LogP contribution in [0.4, 0.5) is 0 Å². The molecular formula is C9H12ClN3O2S. The van der Waals surface area contributed by atoms with Crippen LogP contribution in [0.25, 0.3) is 0 Å². The van der Waals surface area contributed by atoms with Gasteiger partial charge in [0, 0.05) is 18.9 Å². The van der Waals surface area contributed by atoms with Crippen LogP contribution in [-0.2, 0) is 10.0 Å². The molecule has 16 heavy (non-hydrogen) atoms. The minimum Gasteiger partial charge on any atom is -0.255 e. The molecular weight excluding hydrogens is 250 g/mol. The molecule has 0 bridgehead atoms. The van der Waals surface area contributed by atoms with Gasteiger partial charge in [0.1, 0.15) is 0 Å². The van der Waals surface area contributed by atoms with E-state index in [2.05, 4.69) is 9.97 Å². The first-order chi connectivity index (χ1) is 7.50. The normalized spacial score (nSPS) is 22.5. The Bertz CT molecular complexity index is 491. The van der Waals surface area contributed by atoms with E-state index in [0.29, 0.717) is 12.2 Å². The monoisotopic (exact) mass is 261 g/mol. The Balaban J connectivity index is 2.38. The molecule has 1 fully saturated rings. The molecule has 0 radical (unpaired) electrons. The van der Waals surface area contributed by atoms with Gasteiger partial charge in [-0.1, -0.05) is 11.6 Å². The third-order valence-corrected chi connectivity index (χ3v) is 4.21. The van der Waals surface area contributed by atoms with Crippen LogP contribution in [0.3, 0.4) is 0 Å². The van der Waals surface area contributed by atoms with E-state index in [1.54, 1.807) is 0 Å². The molecule has 1 aromatic heterocycles. The van der Waals surface area contributed by atoms with E-state index >= 15 is 0 Å². The highest BCUT2D eigenvalue weighted by molar-refractivity contribution is 7.88. The second kappa shape index (κ2) is 4.27. The summed E-state index contributed by atoms with van der Waals surface area (Å²) in [5, 5.41) is 0.281. The van der Waals surface area contributed by atoms with Crippen molar-refractivity contribution in [3.8, 4) is 0 Å². The maximum Gasteiger partial charge on any atom is 0.211 e. The van der Waals surface area contributed by atoms with Gasteiger partial charge >= 0.3 is 0 Å². The predicted molar refractivity (Wildman–Crippen MR) is 60.6 cm³/mol. The Morgan fingerprint density at radius 2 is 2.12 bits per heavy atom. The molecule has 0 N–H and O–H groups in total. The van der Waals surface area contributed by atoms with Crippen LogP contribution < -0.4 is 0 Å². The first-order valence-corrected chi connectivity index (χ1v) is 7.16. The van der Waals surface area contributed by atoms with E-state index in [9.17, 15) is 8.42 Å². The Hall–Kier alpha value is -0.720. The zero-order valence-corrected chi connectivity index (χ0v) is 10.4. The second-order valence-electron chi connectivity index (χ2n) is 3.76.